The zero-order valence-electron chi connectivity index (χ0n) is 8.73. The van der Waals surface area contributed by atoms with Gasteiger partial charge in [-0.25, -0.2) is 0 Å². The molecule has 1 nitrogen and oxygen atoms in total. The van der Waals surface area contributed by atoms with E-state index in [9.17, 15) is 18.0 Å². The van der Waals surface area contributed by atoms with E-state index in [1.807, 2.05) is 0 Å². The molecule has 0 aromatic heterocycles. The van der Waals surface area contributed by atoms with Crippen LogP contribution < -0.4 is 0 Å². The number of halogens is 4. The molecule has 0 unspecified atom stereocenters. The Labute approximate surface area is 99.8 Å². The maximum absolute atomic E-state index is 12.8. The van der Waals surface area contributed by atoms with Gasteiger partial charge in [0.1, 0.15) is 6.29 Å². The molecule has 0 aliphatic carbocycles. The van der Waals surface area contributed by atoms with E-state index in [1.165, 1.54) is 18.2 Å². The van der Waals surface area contributed by atoms with Gasteiger partial charge in [-0.2, -0.15) is 13.2 Å². The fourth-order valence-electron chi connectivity index (χ4n) is 1.20. The van der Waals surface area contributed by atoms with Gasteiger partial charge in [-0.3, -0.25) is 4.79 Å². The highest BCUT2D eigenvalue weighted by Gasteiger charge is 2.48. The van der Waals surface area contributed by atoms with Crippen LogP contribution in [0.2, 0.25) is 0 Å². The highest BCUT2D eigenvalue weighted by Crippen LogP contribution is 2.41. The SMILES string of the molecule is CC(C)(c1cc(Br)cc(C=O)c1)C(F)(F)F. The van der Waals surface area contributed by atoms with Gasteiger partial charge in [-0.05, 0) is 37.6 Å². The number of hydrogen-bond acceptors (Lipinski definition) is 1. The molecule has 0 spiro atoms. The summed E-state index contributed by atoms with van der Waals surface area (Å²) in [5.74, 6) is 0. The first kappa shape index (κ1) is 13.2. The van der Waals surface area contributed by atoms with Crippen LogP contribution in [0.5, 0.6) is 0 Å². The van der Waals surface area contributed by atoms with Gasteiger partial charge in [0.2, 0.25) is 0 Å². The lowest BCUT2D eigenvalue weighted by molar-refractivity contribution is -0.180. The number of carbonyl (C=O) groups excluding carboxylic acids is 1. The molecule has 0 fully saturated rings. The molecule has 88 valence electrons. The summed E-state index contributed by atoms with van der Waals surface area (Å²) in [5.41, 5.74) is -1.69. The highest BCUT2D eigenvalue weighted by atomic mass is 79.9. The molecule has 0 aliphatic rings. The largest absolute Gasteiger partial charge is 0.397 e. The summed E-state index contributed by atoms with van der Waals surface area (Å²) in [6, 6.07) is 4.11. The predicted octanol–water partition coefficient (Wildman–Crippen LogP) is 4.10. The number of rotatable bonds is 2. The zero-order valence-corrected chi connectivity index (χ0v) is 10.3. The van der Waals surface area contributed by atoms with Gasteiger partial charge in [0.15, 0.2) is 0 Å². The Kier molecular flexibility index (Phi) is 3.47. The molecule has 16 heavy (non-hydrogen) atoms. The van der Waals surface area contributed by atoms with Crippen LogP contribution in [0, 0.1) is 0 Å². The van der Waals surface area contributed by atoms with Crippen molar-refractivity contribution in [3.63, 3.8) is 0 Å². The van der Waals surface area contributed by atoms with Crippen molar-refractivity contribution >= 4 is 22.2 Å². The summed E-state index contributed by atoms with van der Waals surface area (Å²) >= 11 is 3.09. The number of benzene rings is 1. The van der Waals surface area contributed by atoms with Crippen LogP contribution in [0.3, 0.4) is 0 Å². The average molecular weight is 295 g/mol. The van der Waals surface area contributed by atoms with Crippen LogP contribution in [-0.2, 0) is 5.41 Å². The molecule has 0 atom stereocenters. The molecule has 0 saturated carbocycles. The van der Waals surface area contributed by atoms with Crippen molar-refractivity contribution in [1.29, 1.82) is 0 Å². The Morgan fingerprint density at radius 2 is 1.75 bits per heavy atom. The Hall–Kier alpha value is -0.840. The summed E-state index contributed by atoms with van der Waals surface area (Å²) < 4.78 is 38.8. The van der Waals surface area contributed by atoms with Crippen LogP contribution in [-0.4, -0.2) is 12.5 Å². The lowest BCUT2D eigenvalue weighted by atomic mass is 9.83. The predicted molar refractivity (Wildman–Crippen MR) is 58.6 cm³/mol. The molecule has 1 rings (SSSR count). The van der Waals surface area contributed by atoms with E-state index in [1.54, 1.807) is 0 Å². The van der Waals surface area contributed by atoms with Crippen LogP contribution in [0.25, 0.3) is 0 Å². The maximum Gasteiger partial charge on any atom is 0.397 e. The minimum absolute atomic E-state index is 0.0662. The molecule has 0 amide bonds. The standard InChI is InChI=1S/C11H10BrF3O/c1-10(2,11(13,14)15)8-3-7(6-16)4-9(12)5-8/h3-6H,1-2H3. The van der Waals surface area contributed by atoms with E-state index in [-0.39, 0.29) is 11.1 Å². The Balaban J connectivity index is 3.33. The lowest BCUT2D eigenvalue weighted by Gasteiger charge is -2.28. The second-order valence-corrected chi connectivity index (χ2v) is 4.93. The topological polar surface area (TPSA) is 17.1 Å². The minimum atomic E-state index is -4.35. The van der Waals surface area contributed by atoms with E-state index in [2.05, 4.69) is 15.9 Å². The Bertz CT molecular complexity index is 410. The smallest absolute Gasteiger partial charge is 0.298 e. The first-order chi connectivity index (χ1) is 7.18. The highest BCUT2D eigenvalue weighted by molar-refractivity contribution is 9.10. The number of alkyl halides is 3. The second kappa shape index (κ2) is 4.20. The summed E-state index contributed by atoms with van der Waals surface area (Å²) in [4.78, 5) is 10.6. The first-order valence-electron chi connectivity index (χ1n) is 4.51. The van der Waals surface area contributed by atoms with Crippen molar-refractivity contribution in [1.82, 2.24) is 0 Å². The van der Waals surface area contributed by atoms with Gasteiger partial charge >= 0.3 is 6.18 Å². The monoisotopic (exact) mass is 294 g/mol. The van der Waals surface area contributed by atoms with Crippen molar-refractivity contribution in [2.75, 3.05) is 0 Å². The second-order valence-electron chi connectivity index (χ2n) is 4.01. The van der Waals surface area contributed by atoms with Crippen LogP contribution in [0.15, 0.2) is 22.7 Å². The zero-order chi connectivity index (χ0) is 12.6. The molecule has 1 aromatic rings. The third kappa shape index (κ3) is 2.45. The molecular weight excluding hydrogens is 285 g/mol. The van der Waals surface area contributed by atoms with Crippen molar-refractivity contribution in [2.24, 2.45) is 0 Å². The molecule has 1 aromatic carbocycles. The summed E-state index contributed by atoms with van der Waals surface area (Å²) in [5, 5.41) is 0. The van der Waals surface area contributed by atoms with Crippen molar-refractivity contribution < 1.29 is 18.0 Å². The van der Waals surface area contributed by atoms with E-state index >= 15 is 0 Å². The van der Waals surface area contributed by atoms with Gasteiger partial charge in [-0.15, -0.1) is 0 Å². The van der Waals surface area contributed by atoms with Gasteiger partial charge in [0, 0.05) is 10.0 Å². The minimum Gasteiger partial charge on any atom is -0.298 e. The fraction of sp³-hybridized carbons (Fsp3) is 0.364. The number of hydrogen-bond donors (Lipinski definition) is 0. The maximum atomic E-state index is 12.8. The summed E-state index contributed by atoms with van der Waals surface area (Å²) in [6.07, 6.45) is -3.82. The summed E-state index contributed by atoms with van der Waals surface area (Å²) in [6.45, 7) is 2.17. The average Bonchev–Trinajstić information content (AvgIpc) is 2.15. The number of aldehydes is 1. The van der Waals surface area contributed by atoms with Crippen LogP contribution in [0.1, 0.15) is 29.8 Å². The Morgan fingerprint density at radius 3 is 2.19 bits per heavy atom. The first-order valence-corrected chi connectivity index (χ1v) is 5.31. The van der Waals surface area contributed by atoms with Gasteiger partial charge < -0.3 is 0 Å². The van der Waals surface area contributed by atoms with Crippen LogP contribution in [0.4, 0.5) is 13.2 Å². The molecule has 0 radical (unpaired) electrons. The van der Waals surface area contributed by atoms with E-state index < -0.39 is 11.6 Å². The van der Waals surface area contributed by atoms with E-state index in [0.29, 0.717) is 10.8 Å². The van der Waals surface area contributed by atoms with Gasteiger partial charge in [0.25, 0.3) is 0 Å². The number of carbonyl (C=O) groups is 1. The lowest BCUT2D eigenvalue weighted by Crippen LogP contribution is -2.36. The van der Waals surface area contributed by atoms with E-state index in [4.69, 9.17) is 0 Å². The summed E-state index contributed by atoms with van der Waals surface area (Å²) in [7, 11) is 0. The van der Waals surface area contributed by atoms with Crippen molar-refractivity contribution in [2.45, 2.75) is 25.4 Å². The third-order valence-corrected chi connectivity index (χ3v) is 2.94. The van der Waals surface area contributed by atoms with Crippen molar-refractivity contribution in [3.8, 4) is 0 Å². The third-order valence-electron chi connectivity index (χ3n) is 2.49. The molecule has 0 saturated heterocycles. The molecular formula is C11H10BrF3O. The molecule has 0 aliphatic heterocycles. The van der Waals surface area contributed by atoms with Crippen LogP contribution >= 0.6 is 15.9 Å². The van der Waals surface area contributed by atoms with Gasteiger partial charge in [0.05, 0.1) is 5.41 Å². The normalized spacial score (nSPS) is 12.6. The molecule has 0 N–H and O–H groups in total. The molecule has 0 heterocycles. The van der Waals surface area contributed by atoms with Crippen molar-refractivity contribution in [3.05, 3.63) is 33.8 Å². The van der Waals surface area contributed by atoms with E-state index in [0.717, 1.165) is 13.8 Å². The molecule has 5 heteroatoms. The fourth-order valence-corrected chi connectivity index (χ4v) is 1.72. The van der Waals surface area contributed by atoms with Gasteiger partial charge in [-0.1, -0.05) is 15.9 Å². The quantitative estimate of drug-likeness (QED) is 0.751. The molecule has 0 bridgehead atoms. The Morgan fingerprint density at radius 1 is 1.19 bits per heavy atom.